The number of hydrogen-bond donors (Lipinski definition) is 0. The summed E-state index contributed by atoms with van der Waals surface area (Å²) in [6.07, 6.45) is 1.80. The molecule has 0 aliphatic carbocycles. The molecule has 0 radical (unpaired) electrons. The van der Waals surface area contributed by atoms with Crippen LogP contribution in [0.4, 0.5) is 0 Å². The van der Waals surface area contributed by atoms with Gasteiger partial charge < -0.3 is 0 Å². The molecule has 2 heterocycles. The van der Waals surface area contributed by atoms with Gasteiger partial charge in [-0.1, -0.05) is 0 Å². The molecular formula is C8H8BrN3. The Labute approximate surface area is 78.5 Å². The van der Waals surface area contributed by atoms with Crippen molar-refractivity contribution in [2.45, 2.75) is 6.92 Å². The van der Waals surface area contributed by atoms with Crippen molar-refractivity contribution in [1.29, 1.82) is 0 Å². The van der Waals surface area contributed by atoms with Gasteiger partial charge in [0.25, 0.3) is 0 Å². The van der Waals surface area contributed by atoms with Crippen molar-refractivity contribution in [1.82, 2.24) is 14.8 Å². The summed E-state index contributed by atoms with van der Waals surface area (Å²) in [6.45, 7) is 1.98. The molecule has 62 valence electrons. The van der Waals surface area contributed by atoms with Gasteiger partial charge in [-0.05, 0) is 28.9 Å². The van der Waals surface area contributed by atoms with Crippen LogP contribution in [-0.4, -0.2) is 14.8 Å². The highest BCUT2D eigenvalue weighted by Gasteiger charge is 2.07. The Morgan fingerprint density at radius 3 is 2.92 bits per heavy atom. The standard InChI is InChI=1S/C8H8BrN3/c1-5-7-6(3-4-10-5)12(2)11-8(7)9/h3-4H,1-2H3. The van der Waals surface area contributed by atoms with Crippen LogP contribution in [0.1, 0.15) is 5.69 Å². The highest BCUT2D eigenvalue weighted by molar-refractivity contribution is 9.10. The molecule has 4 heteroatoms. The smallest absolute Gasteiger partial charge is 0.137 e. The fourth-order valence-electron chi connectivity index (χ4n) is 1.31. The molecular weight excluding hydrogens is 218 g/mol. The molecule has 2 rings (SSSR count). The predicted octanol–water partition coefficient (Wildman–Crippen LogP) is 2.04. The molecule has 0 aliphatic heterocycles. The molecule has 2 aromatic heterocycles. The molecule has 0 amide bonds. The fraction of sp³-hybridized carbons (Fsp3) is 0.250. The van der Waals surface area contributed by atoms with Crippen molar-refractivity contribution < 1.29 is 0 Å². The van der Waals surface area contributed by atoms with Gasteiger partial charge >= 0.3 is 0 Å². The van der Waals surface area contributed by atoms with Crippen LogP contribution in [0.5, 0.6) is 0 Å². The van der Waals surface area contributed by atoms with Gasteiger partial charge in [0.15, 0.2) is 0 Å². The fourth-order valence-corrected chi connectivity index (χ4v) is 2.04. The van der Waals surface area contributed by atoms with E-state index in [4.69, 9.17) is 0 Å². The van der Waals surface area contributed by atoms with E-state index < -0.39 is 0 Å². The van der Waals surface area contributed by atoms with Gasteiger partial charge in [-0.3, -0.25) is 9.67 Å². The molecule has 0 saturated carbocycles. The first-order valence-electron chi connectivity index (χ1n) is 3.64. The molecule has 2 aromatic rings. The zero-order chi connectivity index (χ0) is 8.72. The van der Waals surface area contributed by atoms with E-state index >= 15 is 0 Å². The Kier molecular flexibility index (Phi) is 1.65. The summed E-state index contributed by atoms with van der Waals surface area (Å²) in [5.74, 6) is 0. The molecule has 0 fully saturated rings. The van der Waals surface area contributed by atoms with Gasteiger partial charge in [0, 0.05) is 18.9 Å². The summed E-state index contributed by atoms with van der Waals surface area (Å²) in [5, 5.41) is 5.34. The molecule has 0 atom stereocenters. The van der Waals surface area contributed by atoms with Crippen molar-refractivity contribution in [3.05, 3.63) is 22.6 Å². The zero-order valence-corrected chi connectivity index (χ0v) is 8.46. The highest BCUT2D eigenvalue weighted by Crippen LogP contribution is 2.23. The van der Waals surface area contributed by atoms with E-state index in [1.165, 1.54) is 0 Å². The number of fused-ring (bicyclic) bond motifs is 1. The third kappa shape index (κ3) is 0.948. The van der Waals surface area contributed by atoms with Gasteiger partial charge in [0.2, 0.25) is 0 Å². The molecule has 12 heavy (non-hydrogen) atoms. The second kappa shape index (κ2) is 2.55. The van der Waals surface area contributed by atoms with Crippen LogP contribution in [0.2, 0.25) is 0 Å². The summed E-state index contributed by atoms with van der Waals surface area (Å²) >= 11 is 3.40. The van der Waals surface area contributed by atoms with E-state index in [-0.39, 0.29) is 0 Å². The third-order valence-corrected chi connectivity index (χ3v) is 2.47. The molecule has 0 bridgehead atoms. The molecule has 0 N–H and O–H groups in total. The predicted molar refractivity (Wildman–Crippen MR) is 50.9 cm³/mol. The monoisotopic (exact) mass is 225 g/mol. The van der Waals surface area contributed by atoms with Crippen molar-refractivity contribution in [2.24, 2.45) is 7.05 Å². The van der Waals surface area contributed by atoms with Crippen LogP contribution < -0.4 is 0 Å². The number of hydrogen-bond acceptors (Lipinski definition) is 2. The van der Waals surface area contributed by atoms with Crippen LogP contribution in [0, 0.1) is 6.92 Å². The average Bonchev–Trinajstić information content (AvgIpc) is 2.29. The van der Waals surface area contributed by atoms with Crippen LogP contribution in [-0.2, 0) is 7.05 Å². The zero-order valence-electron chi connectivity index (χ0n) is 6.87. The quantitative estimate of drug-likeness (QED) is 0.688. The first kappa shape index (κ1) is 7.73. The van der Waals surface area contributed by atoms with E-state index in [1.54, 1.807) is 6.20 Å². The molecule has 0 saturated heterocycles. The first-order valence-corrected chi connectivity index (χ1v) is 4.43. The van der Waals surface area contributed by atoms with Crippen LogP contribution >= 0.6 is 15.9 Å². The van der Waals surface area contributed by atoms with Gasteiger partial charge in [-0.2, -0.15) is 5.10 Å². The lowest BCUT2D eigenvalue weighted by molar-refractivity contribution is 0.788. The second-order valence-corrected chi connectivity index (χ2v) is 3.46. The third-order valence-electron chi connectivity index (χ3n) is 1.91. The molecule has 0 aliphatic rings. The van der Waals surface area contributed by atoms with E-state index in [1.807, 2.05) is 24.7 Å². The van der Waals surface area contributed by atoms with E-state index in [2.05, 4.69) is 26.0 Å². The first-order chi connectivity index (χ1) is 5.70. The van der Waals surface area contributed by atoms with Crippen LogP contribution in [0.15, 0.2) is 16.9 Å². The van der Waals surface area contributed by atoms with E-state index in [0.29, 0.717) is 0 Å². The SMILES string of the molecule is Cc1nccc2c1c(Br)nn2C. The number of aryl methyl sites for hydroxylation is 2. The minimum atomic E-state index is 0.866. The van der Waals surface area contributed by atoms with Crippen LogP contribution in [0.25, 0.3) is 10.9 Å². The summed E-state index contributed by atoms with van der Waals surface area (Å²) in [5.41, 5.74) is 2.11. The lowest BCUT2D eigenvalue weighted by Crippen LogP contribution is -1.89. The minimum Gasteiger partial charge on any atom is -0.267 e. The molecule has 3 nitrogen and oxygen atoms in total. The Hall–Kier alpha value is -0.900. The number of pyridine rings is 1. The van der Waals surface area contributed by atoms with Crippen molar-refractivity contribution in [2.75, 3.05) is 0 Å². The van der Waals surface area contributed by atoms with Crippen molar-refractivity contribution >= 4 is 26.8 Å². The Morgan fingerprint density at radius 2 is 2.25 bits per heavy atom. The number of rotatable bonds is 0. The van der Waals surface area contributed by atoms with E-state index in [9.17, 15) is 0 Å². The molecule has 0 spiro atoms. The maximum absolute atomic E-state index is 4.24. The highest BCUT2D eigenvalue weighted by atomic mass is 79.9. The van der Waals surface area contributed by atoms with Gasteiger partial charge in [0.1, 0.15) is 4.60 Å². The lowest BCUT2D eigenvalue weighted by atomic mass is 10.2. The summed E-state index contributed by atoms with van der Waals surface area (Å²) in [4.78, 5) is 4.20. The number of nitrogens with zero attached hydrogens (tertiary/aromatic N) is 3. The Bertz CT molecular complexity index is 433. The van der Waals surface area contributed by atoms with Gasteiger partial charge in [0.05, 0.1) is 10.9 Å². The minimum absolute atomic E-state index is 0.866. The van der Waals surface area contributed by atoms with E-state index in [0.717, 1.165) is 21.2 Å². The summed E-state index contributed by atoms with van der Waals surface area (Å²) in [6, 6.07) is 1.96. The lowest BCUT2D eigenvalue weighted by Gasteiger charge is -1.94. The summed E-state index contributed by atoms with van der Waals surface area (Å²) < 4.78 is 2.71. The normalized spacial score (nSPS) is 10.9. The summed E-state index contributed by atoms with van der Waals surface area (Å²) in [7, 11) is 1.92. The second-order valence-electron chi connectivity index (χ2n) is 2.70. The Balaban J connectivity index is 2.99. The van der Waals surface area contributed by atoms with Gasteiger partial charge in [-0.15, -0.1) is 0 Å². The topological polar surface area (TPSA) is 30.7 Å². The van der Waals surface area contributed by atoms with Crippen molar-refractivity contribution in [3.63, 3.8) is 0 Å². The van der Waals surface area contributed by atoms with Crippen molar-refractivity contribution in [3.8, 4) is 0 Å². The maximum atomic E-state index is 4.24. The van der Waals surface area contributed by atoms with Crippen LogP contribution in [0.3, 0.4) is 0 Å². The van der Waals surface area contributed by atoms with Gasteiger partial charge in [-0.25, -0.2) is 0 Å². The largest absolute Gasteiger partial charge is 0.267 e. The number of aromatic nitrogens is 3. The number of halogens is 1. The molecule has 0 unspecified atom stereocenters. The Morgan fingerprint density at radius 1 is 1.50 bits per heavy atom. The molecule has 0 aromatic carbocycles. The average molecular weight is 226 g/mol. The maximum Gasteiger partial charge on any atom is 0.137 e.